The summed E-state index contributed by atoms with van der Waals surface area (Å²) in [6, 6.07) is 0. The third-order valence-electron chi connectivity index (χ3n) is 2.84. The highest BCUT2D eigenvalue weighted by Gasteiger charge is 2.25. The number of amides is 1. The lowest BCUT2D eigenvalue weighted by atomic mass is 9.95. The Morgan fingerprint density at radius 1 is 1.39 bits per heavy atom. The first-order valence-electron chi connectivity index (χ1n) is 6.39. The number of likely N-dealkylation sites (tertiary alicyclic amines) is 1. The Morgan fingerprint density at radius 3 is 2.17 bits per heavy atom. The number of ether oxygens (including phenoxy) is 1. The number of hydrogen-bond donors (Lipinski definition) is 1. The summed E-state index contributed by atoms with van der Waals surface area (Å²) in [6.45, 7) is 9.39. The van der Waals surface area contributed by atoms with Crippen molar-refractivity contribution in [1.82, 2.24) is 4.90 Å². The fraction of sp³-hybridized carbons (Fsp3) is 0.846. The first-order valence-corrected chi connectivity index (χ1v) is 6.39. The van der Waals surface area contributed by atoms with E-state index < -0.39 is 0 Å². The fourth-order valence-corrected chi connectivity index (χ4v) is 1.85. The van der Waals surface area contributed by atoms with Gasteiger partial charge in [0.15, 0.2) is 0 Å². The minimum absolute atomic E-state index is 0.156. The van der Waals surface area contributed by atoms with E-state index in [-0.39, 0.29) is 18.2 Å². The molecule has 1 heterocycles. The van der Waals surface area contributed by atoms with Crippen LogP contribution in [0.25, 0.3) is 0 Å². The van der Waals surface area contributed by atoms with E-state index in [9.17, 15) is 4.79 Å². The van der Waals surface area contributed by atoms with Gasteiger partial charge in [-0.05, 0) is 39.5 Å². The van der Waals surface area contributed by atoms with Crippen molar-refractivity contribution < 1.29 is 19.4 Å². The van der Waals surface area contributed by atoms with Crippen molar-refractivity contribution in [2.24, 2.45) is 5.92 Å². The predicted octanol–water partition coefficient (Wildman–Crippen LogP) is 2.74. The molecule has 1 rings (SSSR count). The number of carboxylic acid groups (broad SMARTS) is 1. The summed E-state index contributed by atoms with van der Waals surface area (Å²) in [4.78, 5) is 21.9. The maximum atomic E-state index is 11.7. The van der Waals surface area contributed by atoms with Crippen molar-refractivity contribution >= 4 is 12.6 Å². The Hall–Kier alpha value is -1.26. The summed E-state index contributed by atoms with van der Waals surface area (Å²) < 4.78 is 5.33. The van der Waals surface area contributed by atoms with Crippen LogP contribution in [0.2, 0.25) is 0 Å². The smallest absolute Gasteiger partial charge is 0.410 e. The third-order valence-corrected chi connectivity index (χ3v) is 2.84. The number of carbonyl (C=O) groups is 2. The average Bonchev–Trinajstić information content (AvgIpc) is 2.28. The summed E-state index contributed by atoms with van der Waals surface area (Å²) in [6.07, 6.45) is 3.31. The van der Waals surface area contributed by atoms with Gasteiger partial charge in [0, 0.05) is 13.1 Å². The van der Waals surface area contributed by atoms with Gasteiger partial charge >= 0.3 is 6.09 Å². The Bertz CT molecular complexity index is 252. The molecular formula is C13H25NO4. The number of hydrogen-bond acceptors (Lipinski definition) is 3. The molecular weight excluding hydrogens is 234 g/mol. The van der Waals surface area contributed by atoms with E-state index in [2.05, 4.69) is 6.92 Å². The molecule has 0 atom stereocenters. The third kappa shape index (κ3) is 7.14. The van der Waals surface area contributed by atoms with E-state index in [4.69, 9.17) is 14.6 Å². The molecule has 0 aliphatic carbocycles. The first kappa shape index (κ1) is 16.7. The van der Waals surface area contributed by atoms with E-state index in [0.717, 1.165) is 31.8 Å². The van der Waals surface area contributed by atoms with Crippen LogP contribution in [0, 0.1) is 5.92 Å². The van der Waals surface area contributed by atoms with Gasteiger partial charge in [0.1, 0.15) is 5.60 Å². The molecule has 0 saturated carbocycles. The van der Waals surface area contributed by atoms with Crippen LogP contribution in [0.3, 0.4) is 0 Å². The predicted molar refractivity (Wildman–Crippen MR) is 69.5 cm³/mol. The van der Waals surface area contributed by atoms with Crippen LogP contribution in [-0.2, 0) is 9.53 Å². The van der Waals surface area contributed by atoms with Crippen molar-refractivity contribution in [3.05, 3.63) is 0 Å². The van der Waals surface area contributed by atoms with Gasteiger partial charge in [-0.1, -0.05) is 13.3 Å². The molecule has 0 aromatic heterocycles. The first-order chi connectivity index (χ1) is 8.34. The van der Waals surface area contributed by atoms with Crippen LogP contribution in [-0.4, -0.2) is 41.3 Å². The number of carbonyl (C=O) groups excluding carboxylic acids is 1. The molecule has 0 aromatic carbocycles. The van der Waals surface area contributed by atoms with Crippen LogP contribution in [0.5, 0.6) is 0 Å². The molecule has 1 fully saturated rings. The number of piperidine rings is 1. The molecule has 0 unspecified atom stereocenters. The lowest BCUT2D eigenvalue weighted by molar-refractivity contribution is -0.122. The lowest BCUT2D eigenvalue weighted by Crippen LogP contribution is -2.41. The maximum absolute atomic E-state index is 11.7. The Balaban J connectivity index is 0.000000873. The molecule has 5 heteroatoms. The summed E-state index contributed by atoms with van der Waals surface area (Å²) in [5, 5.41) is 6.89. The number of nitrogens with zero attached hydrogens (tertiary/aromatic N) is 1. The van der Waals surface area contributed by atoms with E-state index in [1.165, 1.54) is 6.42 Å². The van der Waals surface area contributed by atoms with Gasteiger partial charge in [-0.2, -0.15) is 0 Å². The van der Waals surface area contributed by atoms with Crippen molar-refractivity contribution in [3.8, 4) is 0 Å². The van der Waals surface area contributed by atoms with Crippen LogP contribution >= 0.6 is 0 Å². The molecule has 5 nitrogen and oxygen atoms in total. The van der Waals surface area contributed by atoms with Gasteiger partial charge in [-0.3, -0.25) is 4.79 Å². The topological polar surface area (TPSA) is 66.8 Å². The van der Waals surface area contributed by atoms with Crippen LogP contribution in [0.15, 0.2) is 0 Å². The van der Waals surface area contributed by atoms with Crippen molar-refractivity contribution in [2.75, 3.05) is 13.1 Å². The zero-order valence-electron chi connectivity index (χ0n) is 11.8. The summed E-state index contributed by atoms with van der Waals surface area (Å²) in [5.41, 5.74) is -0.376. The van der Waals surface area contributed by atoms with Crippen LogP contribution in [0.1, 0.15) is 47.0 Å². The minimum atomic E-state index is -0.376. The van der Waals surface area contributed by atoms with Gasteiger partial charge in [0.05, 0.1) is 0 Å². The lowest BCUT2D eigenvalue weighted by Gasteiger charge is -2.33. The molecule has 0 bridgehead atoms. The monoisotopic (exact) mass is 259 g/mol. The van der Waals surface area contributed by atoms with Crippen molar-refractivity contribution in [3.63, 3.8) is 0 Å². The molecule has 0 spiro atoms. The Labute approximate surface area is 109 Å². The van der Waals surface area contributed by atoms with Gasteiger partial charge in [0.2, 0.25) is 0 Å². The van der Waals surface area contributed by atoms with Gasteiger partial charge in [-0.15, -0.1) is 0 Å². The Kier molecular flexibility index (Phi) is 7.39. The molecule has 1 aliphatic rings. The van der Waals surface area contributed by atoms with Crippen LogP contribution in [0.4, 0.5) is 4.79 Å². The molecule has 106 valence electrons. The molecule has 1 saturated heterocycles. The Morgan fingerprint density at radius 2 is 1.83 bits per heavy atom. The van der Waals surface area contributed by atoms with E-state index in [0.29, 0.717) is 0 Å². The summed E-state index contributed by atoms with van der Waals surface area (Å²) in [7, 11) is 0. The second-order valence-corrected chi connectivity index (χ2v) is 5.42. The SMILES string of the molecule is CCC1CCN(C(=O)OC(C)(C)C)CC1.O=CO. The van der Waals surface area contributed by atoms with Gasteiger partial charge < -0.3 is 14.7 Å². The quantitative estimate of drug-likeness (QED) is 0.735. The molecule has 1 N–H and O–H groups in total. The molecule has 18 heavy (non-hydrogen) atoms. The fourth-order valence-electron chi connectivity index (χ4n) is 1.85. The normalized spacial score (nSPS) is 16.6. The highest BCUT2D eigenvalue weighted by molar-refractivity contribution is 5.68. The standard InChI is InChI=1S/C12H23NO2.CH2O2/c1-5-10-6-8-13(9-7-10)11(14)15-12(2,3)4;2-1-3/h10H,5-9H2,1-4H3;1H,(H,2,3). The van der Waals surface area contributed by atoms with E-state index in [1.54, 1.807) is 0 Å². The zero-order chi connectivity index (χ0) is 14.2. The summed E-state index contributed by atoms with van der Waals surface area (Å²) in [5.74, 6) is 0.795. The van der Waals surface area contributed by atoms with Gasteiger partial charge in [-0.25, -0.2) is 4.79 Å². The molecule has 1 aliphatic heterocycles. The van der Waals surface area contributed by atoms with Crippen molar-refractivity contribution in [2.45, 2.75) is 52.6 Å². The minimum Gasteiger partial charge on any atom is -0.483 e. The highest BCUT2D eigenvalue weighted by atomic mass is 16.6. The second-order valence-electron chi connectivity index (χ2n) is 5.42. The highest BCUT2D eigenvalue weighted by Crippen LogP contribution is 2.21. The van der Waals surface area contributed by atoms with Gasteiger partial charge in [0.25, 0.3) is 6.47 Å². The molecule has 1 amide bonds. The van der Waals surface area contributed by atoms with Crippen LogP contribution < -0.4 is 0 Å². The second kappa shape index (κ2) is 7.95. The zero-order valence-corrected chi connectivity index (χ0v) is 11.8. The molecule has 0 radical (unpaired) electrons. The van der Waals surface area contributed by atoms with E-state index in [1.807, 2.05) is 25.7 Å². The summed E-state index contributed by atoms with van der Waals surface area (Å²) >= 11 is 0. The molecule has 0 aromatic rings. The maximum Gasteiger partial charge on any atom is 0.410 e. The van der Waals surface area contributed by atoms with Crippen molar-refractivity contribution in [1.29, 1.82) is 0 Å². The number of rotatable bonds is 1. The van der Waals surface area contributed by atoms with E-state index >= 15 is 0 Å². The average molecular weight is 259 g/mol. The largest absolute Gasteiger partial charge is 0.483 e.